The number of rotatable bonds is 1. The lowest BCUT2D eigenvalue weighted by molar-refractivity contribution is -0.121. The molecule has 4 nitrogen and oxygen atoms in total. The Morgan fingerprint density at radius 3 is 2.44 bits per heavy atom. The van der Waals surface area contributed by atoms with Crippen LogP contribution in [0, 0.1) is 0 Å². The van der Waals surface area contributed by atoms with Gasteiger partial charge in [-0.2, -0.15) is 0 Å². The molecule has 0 radical (unpaired) electrons. The van der Waals surface area contributed by atoms with Gasteiger partial charge in [0.25, 0.3) is 0 Å². The van der Waals surface area contributed by atoms with Gasteiger partial charge in [-0.05, 0) is 12.1 Å². The lowest BCUT2D eigenvalue weighted by Crippen LogP contribution is -2.25. The number of amides is 1. The molecular weight excluding hydrogens is 251 g/mol. The van der Waals surface area contributed by atoms with E-state index in [1.165, 1.54) is 17.0 Å². The van der Waals surface area contributed by atoms with Crippen LogP contribution in [0.3, 0.4) is 0 Å². The summed E-state index contributed by atoms with van der Waals surface area (Å²) in [6, 6.07) is 2.99. The van der Waals surface area contributed by atoms with Crippen molar-refractivity contribution in [3.63, 3.8) is 0 Å². The van der Waals surface area contributed by atoms with Crippen LogP contribution >= 0.6 is 23.2 Å². The molecule has 0 spiro atoms. The first-order valence-corrected chi connectivity index (χ1v) is 5.31. The molecule has 2 N–H and O–H groups in total. The molecule has 1 fully saturated rings. The van der Waals surface area contributed by atoms with Crippen molar-refractivity contribution in [2.75, 3.05) is 17.2 Å². The minimum atomic E-state index is -0.291. The Labute approximate surface area is 102 Å². The highest BCUT2D eigenvalue weighted by Gasteiger charge is 2.31. The predicted octanol–water partition coefficient (Wildman–Crippen LogP) is 1.88. The summed E-state index contributed by atoms with van der Waals surface area (Å²) in [7, 11) is 0. The van der Waals surface area contributed by atoms with E-state index in [4.69, 9.17) is 28.9 Å². The van der Waals surface area contributed by atoms with Crippen molar-refractivity contribution in [2.45, 2.75) is 6.42 Å². The minimum Gasteiger partial charge on any atom is -0.397 e. The average molecular weight is 259 g/mol. The molecular formula is C10H8Cl2N2O2. The van der Waals surface area contributed by atoms with E-state index >= 15 is 0 Å². The molecule has 1 aromatic carbocycles. The van der Waals surface area contributed by atoms with Crippen molar-refractivity contribution < 1.29 is 9.59 Å². The Morgan fingerprint density at radius 1 is 1.25 bits per heavy atom. The van der Waals surface area contributed by atoms with E-state index in [-0.39, 0.29) is 29.7 Å². The number of benzene rings is 1. The highest BCUT2D eigenvalue weighted by Crippen LogP contribution is 2.36. The second-order valence-corrected chi connectivity index (χ2v) is 4.36. The van der Waals surface area contributed by atoms with Crippen molar-refractivity contribution >= 4 is 46.3 Å². The number of halogens is 2. The Bertz CT molecular complexity index is 465. The second kappa shape index (κ2) is 3.96. The van der Waals surface area contributed by atoms with Crippen LogP contribution < -0.4 is 10.6 Å². The van der Waals surface area contributed by atoms with Gasteiger partial charge in [0, 0.05) is 5.02 Å². The summed E-state index contributed by atoms with van der Waals surface area (Å²) in [6.45, 7) is 0.0182. The quantitative estimate of drug-likeness (QED) is 0.618. The van der Waals surface area contributed by atoms with Gasteiger partial charge in [0.15, 0.2) is 5.78 Å². The molecule has 1 amide bonds. The SMILES string of the molecule is Nc1cc(Cl)cc(Cl)c1N1CC(=O)CC1=O. The third kappa shape index (κ3) is 1.86. The lowest BCUT2D eigenvalue weighted by atomic mass is 10.2. The average Bonchev–Trinajstić information content (AvgIpc) is 2.43. The maximum absolute atomic E-state index is 11.5. The van der Waals surface area contributed by atoms with Gasteiger partial charge in [-0.25, -0.2) is 0 Å². The molecule has 0 bridgehead atoms. The van der Waals surface area contributed by atoms with Gasteiger partial charge in [0.1, 0.15) is 0 Å². The number of anilines is 2. The zero-order chi connectivity index (χ0) is 11.9. The van der Waals surface area contributed by atoms with Crippen LogP contribution in [-0.4, -0.2) is 18.2 Å². The second-order valence-electron chi connectivity index (χ2n) is 3.52. The van der Waals surface area contributed by atoms with Crippen LogP contribution in [0.25, 0.3) is 0 Å². The maximum Gasteiger partial charge on any atom is 0.235 e. The van der Waals surface area contributed by atoms with E-state index in [9.17, 15) is 9.59 Å². The summed E-state index contributed by atoms with van der Waals surface area (Å²) in [5.41, 5.74) is 6.39. The predicted molar refractivity (Wildman–Crippen MR) is 62.9 cm³/mol. The first-order chi connectivity index (χ1) is 7.49. The van der Waals surface area contributed by atoms with E-state index < -0.39 is 0 Å². The van der Waals surface area contributed by atoms with Crippen LogP contribution in [0.1, 0.15) is 6.42 Å². The van der Waals surface area contributed by atoms with E-state index in [0.717, 1.165) is 0 Å². The number of hydrogen-bond acceptors (Lipinski definition) is 3. The molecule has 2 rings (SSSR count). The molecule has 0 atom stereocenters. The zero-order valence-corrected chi connectivity index (χ0v) is 9.68. The largest absolute Gasteiger partial charge is 0.397 e. The summed E-state index contributed by atoms with van der Waals surface area (Å²) in [4.78, 5) is 24.0. The first kappa shape index (κ1) is 11.2. The van der Waals surface area contributed by atoms with Gasteiger partial charge < -0.3 is 10.6 Å². The van der Waals surface area contributed by atoms with Gasteiger partial charge in [0.2, 0.25) is 5.91 Å². The van der Waals surface area contributed by atoms with E-state index in [0.29, 0.717) is 16.4 Å². The molecule has 1 heterocycles. The van der Waals surface area contributed by atoms with E-state index in [1.54, 1.807) is 0 Å². The Hall–Kier alpha value is -1.26. The van der Waals surface area contributed by atoms with Gasteiger partial charge >= 0.3 is 0 Å². The number of hydrogen-bond donors (Lipinski definition) is 1. The van der Waals surface area contributed by atoms with Crippen molar-refractivity contribution in [2.24, 2.45) is 0 Å². The Morgan fingerprint density at radius 2 is 1.94 bits per heavy atom. The molecule has 1 aliphatic heterocycles. The van der Waals surface area contributed by atoms with E-state index in [1.807, 2.05) is 0 Å². The molecule has 16 heavy (non-hydrogen) atoms. The summed E-state index contributed by atoms with van der Waals surface area (Å²) in [5, 5.41) is 0.664. The number of carbonyl (C=O) groups excluding carboxylic acids is 2. The molecule has 0 aliphatic carbocycles. The third-order valence-corrected chi connectivity index (χ3v) is 2.82. The highest BCUT2D eigenvalue weighted by molar-refractivity contribution is 6.38. The minimum absolute atomic E-state index is 0.0182. The van der Waals surface area contributed by atoms with Crippen molar-refractivity contribution in [1.29, 1.82) is 0 Å². The van der Waals surface area contributed by atoms with Gasteiger partial charge in [-0.15, -0.1) is 0 Å². The summed E-state index contributed by atoms with van der Waals surface area (Å²) >= 11 is 11.7. The van der Waals surface area contributed by atoms with Crippen molar-refractivity contribution in [1.82, 2.24) is 0 Å². The topological polar surface area (TPSA) is 63.4 Å². The number of carbonyl (C=O) groups is 2. The standard InChI is InChI=1S/C10H8Cl2N2O2/c11-5-1-7(12)10(8(13)2-5)14-4-6(15)3-9(14)16/h1-2H,3-4,13H2. The molecule has 1 saturated heterocycles. The van der Waals surface area contributed by atoms with Crippen molar-refractivity contribution in [3.8, 4) is 0 Å². The first-order valence-electron chi connectivity index (χ1n) is 4.55. The third-order valence-electron chi connectivity index (χ3n) is 2.31. The number of nitrogen functional groups attached to an aromatic ring is 1. The van der Waals surface area contributed by atoms with Crippen LogP contribution in [0.15, 0.2) is 12.1 Å². The fourth-order valence-electron chi connectivity index (χ4n) is 1.66. The van der Waals surface area contributed by atoms with Gasteiger partial charge in [0.05, 0.1) is 29.4 Å². The normalized spacial score (nSPS) is 16.0. The molecule has 6 heteroatoms. The van der Waals surface area contributed by atoms with Crippen LogP contribution in [-0.2, 0) is 9.59 Å². The molecule has 1 aliphatic rings. The van der Waals surface area contributed by atoms with Crippen LogP contribution in [0.2, 0.25) is 10.0 Å². The molecule has 0 saturated carbocycles. The van der Waals surface area contributed by atoms with Crippen molar-refractivity contribution in [3.05, 3.63) is 22.2 Å². The summed E-state index contributed by atoms with van der Waals surface area (Å²) in [5.74, 6) is -0.434. The Kier molecular flexibility index (Phi) is 2.78. The number of nitrogens with zero attached hydrogens (tertiary/aromatic N) is 1. The monoisotopic (exact) mass is 258 g/mol. The van der Waals surface area contributed by atoms with Gasteiger partial charge in [-0.3, -0.25) is 9.59 Å². The summed E-state index contributed by atoms with van der Waals surface area (Å²) < 4.78 is 0. The Balaban J connectivity index is 2.48. The van der Waals surface area contributed by atoms with Gasteiger partial charge in [-0.1, -0.05) is 23.2 Å². The number of Topliss-reactive ketones (excluding diaryl/α,β-unsaturated/α-hetero) is 1. The molecule has 0 aromatic heterocycles. The van der Waals surface area contributed by atoms with E-state index in [2.05, 4.69) is 0 Å². The molecule has 1 aromatic rings. The fraction of sp³-hybridized carbons (Fsp3) is 0.200. The molecule has 0 unspecified atom stereocenters. The smallest absolute Gasteiger partial charge is 0.235 e. The van der Waals surface area contributed by atoms with Crippen LogP contribution in [0.4, 0.5) is 11.4 Å². The zero-order valence-electron chi connectivity index (χ0n) is 8.17. The highest BCUT2D eigenvalue weighted by atomic mass is 35.5. The number of ketones is 1. The lowest BCUT2D eigenvalue weighted by Gasteiger charge is -2.18. The van der Waals surface area contributed by atoms with Crippen LogP contribution in [0.5, 0.6) is 0 Å². The summed E-state index contributed by atoms with van der Waals surface area (Å²) in [6.07, 6.45) is -0.0988. The fourth-order valence-corrected chi connectivity index (χ4v) is 2.27. The molecule has 84 valence electrons. The number of nitrogens with two attached hydrogens (primary N) is 1. The maximum atomic E-state index is 11.5.